The van der Waals surface area contributed by atoms with Crippen LogP contribution in [-0.4, -0.2) is 56.5 Å². The van der Waals surface area contributed by atoms with E-state index in [1.54, 1.807) is 0 Å². The van der Waals surface area contributed by atoms with Crippen molar-refractivity contribution in [3.8, 4) is 5.75 Å². The van der Waals surface area contributed by atoms with Gasteiger partial charge in [-0.2, -0.15) is 0 Å². The minimum Gasteiger partial charge on any atom is -0.506 e. The topological polar surface area (TPSA) is 74.0 Å². The van der Waals surface area contributed by atoms with E-state index in [1.165, 1.54) is 37.0 Å². The average molecular weight is 363 g/mol. The number of pyridine rings is 2. The Morgan fingerprint density at radius 3 is 2.63 bits per heavy atom. The average Bonchev–Trinajstić information content (AvgIpc) is 3.46. The van der Waals surface area contributed by atoms with Crippen molar-refractivity contribution in [1.29, 1.82) is 0 Å². The smallest absolute Gasteiger partial charge is 0.255 e. The molecule has 7 heteroatoms. The largest absolute Gasteiger partial charge is 0.506 e. The number of hydrogen-bond donors (Lipinski definition) is 1. The molecule has 5 rings (SSSR count). The van der Waals surface area contributed by atoms with E-state index in [2.05, 4.69) is 38.8 Å². The summed E-state index contributed by atoms with van der Waals surface area (Å²) < 4.78 is 2.11. The number of nitrogens with zero attached hydrogens (tertiary/aromatic N) is 5. The van der Waals surface area contributed by atoms with Gasteiger partial charge in [-0.3, -0.25) is 9.78 Å². The van der Waals surface area contributed by atoms with Crippen LogP contribution >= 0.6 is 0 Å². The van der Waals surface area contributed by atoms with Crippen LogP contribution in [0, 0.1) is 0 Å². The van der Waals surface area contributed by atoms with E-state index < -0.39 is 0 Å². The van der Waals surface area contributed by atoms with Crippen LogP contribution in [0.25, 0.3) is 5.65 Å². The highest BCUT2D eigenvalue weighted by molar-refractivity contribution is 5.94. The Hall–Kier alpha value is -3.09. The zero-order chi connectivity index (χ0) is 18.4. The number of fused-ring (bicyclic) bond motifs is 1. The van der Waals surface area contributed by atoms with Gasteiger partial charge >= 0.3 is 0 Å². The van der Waals surface area contributed by atoms with Crippen LogP contribution in [0.5, 0.6) is 5.75 Å². The summed E-state index contributed by atoms with van der Waals surface area (Å²) in [6, 6.07) is 5.64. The lowest BCUT2D eigenvalue weighted by Crippen LogP contribution is -2.48. The predicted octanol–water partition coefficient (Wildman–Crippen LogP) is 2.27. The van der Waals surface area contributed by atoms with Crippen LogP contribution in [0.4, 0.5) is 5.69 Å². The van der Waals surface area contributed by atoms with Crippen molar-refractivity contribution in [3.63, 3.8) is 0 Å². The van der Waals surface area contributed by atoms with Crippen molar-refractivity contribution in [2.24, 2.45) is 0 Å². The van der Waals surface area contributed by atoms with Gasteiger partial charge in [-0.15, -0.1) is 0 Å². The number of carbonyl (C=O) groups is 1. The van der Waals surface area contributed by atoms with Gasteiger partial charge in [0.25, 0.3) is 5.91 Å². The van der Waals surface area contributed by atoms with E-state index in [9.17, 15) is 9.90 Å². The molecule has 27 heavy (non-hydrogen) atoms. The molecule has 1 saturated carbocycles. The molecular weight excluding hydrogens is 342 g/mol. The summed E-state index contributed by atoms with van der Waals surface area (Å²) in [6.07, 6.45) is 9.60. The summed E-state index contributed by atoms with van der Waals surface area (Å²) in [4.78, 5) is 25.3. The first-order valence-electron chi connectivity index (χ1n) is 9.34. The number of aromatic hydroxyl groups is 1. The Balaban J connectivity index is 1.28. The maximum atomic E-state index is 12.6. The Morgan fingerprint density at radius 2 is 1.89 bits per heavy atom. The number of aromatic nitrogens is 3. The monoisotopic (exact) mass is 363 g/mol. The maximum absolute atomic E-state index is 12.6. The fourth-order valence-corrected chi connectivity index (χ4v) is 3.66. The number of piperazine rings is 1. The predicted molar refractivity (Wildman–Crippen MR) is 101 cm³/mol. The molecule has 1 amide bonds. The van der Waals surface area contributed by atoms with Gasteiger partial charge in [0.1, 0.15) is 11.4 Å². The molecule has 1 aliphatic heterocycles. The molecule has 1 aliphatic carbocycles. The quantitative estimate of drug-likeness (QED) is 0.773. The van der Waals surface area contributed by atoms with Crippen LogP contribution in [0.2, 0.25) is 0 Å². The van der Waals surface area contributed by atoms with Crippen LogP contribution in [0.15, 0.2) is 43.0 Å². The normalized spacial score (nSPS) is 17.5. The first-order valence-corrected chi connectivity index (χ1v) is 9.34. The summed E-state index contributed by atoms with van der Waals surface area (Å²) in [5.74, 6) is 0.575. The fourth-order valence-electron chi connectivity index (χ4n) is 3.66. The molecule has 138 valence electrons. The van der Waals surface area contributed by atoms with Crippen LogP contribution in [0.1, 0.15) is 34.8 Å². The molecule has 2 fully saturated rings. The van der Waals surface area contributed by atoms with E-state index in [-0.39, 0.29) is 11.7 Å². The summed E-state index contributed by atoms with van der Waals surface area (Å²) in [5, 5.41) is 9.53. The number of amides is 1. The first kappa shape index (κ1) is 16.1. The third kappa shape index (κ3) is 3.09. The molecule has 0 aromatic carbocycles. The molecule has 0 bridgehead atoms. The Morgan fingerprint density at radius 1 is 1.07 bits per heavy atom. The van der Waals surface area contributed by atoms with Crippen molar-refractivity contribution < 1.29 is 9.90 Å². The summed E-state index contributed by atoms with van der Waals surface area (Å²) in [7, 11) is 0. The van der Waals surface area contributed by atoms with E-state index in [0.717, 1.165) is 24.4 Å². The van der Waals surface area contributed by atoms with Gasteiger partial charge in [0.15, 0.2) is 0 Å². The molecule has 3 aromatic rings. The second-order valence-corrected chi connectivity index (χ2v) is 7.30. The van der Waals surface area contributed by atoms with Gasteiger partial charge in [0.2, 0.25) is 0 Å². The second kappa shape index (κ2) is 6.26. The molecule has 0 unspecified atom stereocenters. The number of hydrogen-bond acceptors (Lipinski definition) is 5. The number of imidazole rings is 1. The standard InChI is InChI=1S/C20H21N5O2/c26-17-9-15(10-21-11-17)20(27)24-7-5-23(6-8-24)16-3-4-19-22-18(14-1-2-14)13-25(19)12-16/h3-4,9-14,26H,1-2,5-8H2. The number of anilines is 1. The third-order valence-electron chi connectivity index (χ3n) is 5.35. The highest BCUT2D eigenvalue weighted by Gasteiger charge is 2.27. The lowest BCUT2D eigenvalue weighted by atomic mass is 10.2. The van der Waals surface area contributed by atoms with Gasteiger partial charge in [0.05, 0.1) is 23.1 Å². The SMILES string of the molecule is O=C(c1cncc(O)c1)N1CCN(c2ccc3nc(C4CC4)cn3c2)CC1. The number of rotatable bonds is 3. The minimum atomic E-state index is -0.0859. The van der Waals surface area contributed by atoms with Gasteiger partial charge in [-0.05, 0) is 31.0 Å². The summed E-state index contributed by atoms with van der Waals surface area (Å²) in [5.41, 5.74) is 3.76. The number of carbonyl (C=O) groups excluding carboxylic acids is 1. The molecule has 0 radical (unpaired) electrons. The molecule has 1 N–H and O–H groups in total. The van der Waals surface area contributed by atoms with E-state index in [1.807, 2.05) is 4.90 Å². The Kier molecular flexibility index (Phi) is 3.74. The van der Waals surface area contributed by atoms with Crippen molar-refractivity contribution in [1.82, 2.24) is 19.3 Å². The van der Waals surface area contributed by atoms with Gasteiger partial charge in [-0.25, -0.2) is 4.98 Å². The van der Waals surface area contributed by atoms with E-state index in [4.69, 9.17) is 4.98 Å². The fraction of sp³-hybridized carbons (Fsp3) is 0.350. The lowest BCUT2D eigenvalue weighted by molar-refractivity contribution is 0.0746. The second-order valence-electron chi connectivity index (χ2n) is 7.30. The molecule has 4 heterocycles. The van der Waals surface area contributed by atoms with Gasteiger partial charge in [0, 0.05) is 50.7 Å². The molecule has 3 aromatic heterocycles. The summed E-state index contributed by atoms with van der Waals surface area (Å²) >= 11 is 0. The molecular formula is C20H21N5O2. The van der Waals surface area contributed by atoms with Gasteiger partial charge in [-0.1, -0.05) is 0 Å². The summed E-state index contributed by atoms with van der Waals surface area (Å²) in [6.45, 7) is 2.83. The van der Waals surface area contributed by atoms with Crippen molar-refractivity contribution >= 4 is 17.2 Å². The van der Waals surface area contributed by atoms with E-state index >= 15 is 0 Å². The zero-order valence-electron chi connectivity index (χ0n) is 15.0. The minimum absolute atomic E-state index is 0.0127. The highest BCUT2D eigenvalue weighted by Crippen LogP contribution is 2.39. The van der Waals surface area contributed by atoms with Gasteiger partial charge < -0.3 is 19.3 Å². The molecule has 1 saturated heterocycles. The molecule has 7 nitrogen and oxygen atoms in total. The lowest BCUT2D eigenvalue weighted by Gasteiger charge is -2.36. The zero-order valence-corrected chi connectivity index (χ0v) is 15.0. The van der Waals surface area contributed by atoms with Crippen LogP contribution in [0.3, 0.4) is 0 Å². The van der Waals surface area contributed by atoms with Crippen LogP contribution in [-0.2, 0) is 0 Å². The van der Waals surface area contributed by atoms with Crippen LogP contribution < -0.4 is 4.90 Å². The van der Waals surface area contributed by atoms with Crippen molar-refractivity contribution in [2.75, 3.05) is 31.1 Å². The molecule has 2 aliphatic rings. The molecule has 0 atom stereocenters. The highest BCUT2D eigenvalue weighted by atomic mass is 16.3. The Labute approximate surface area is 156 Å². The Bertz CT molecular complexity index is 1000. The maximum Gasteiger partial charge on any atom is 0.255 e. The van der Waals surface area contributed by atoms with Crippen molar-refractivity contribution in [3.05, 3.63) is 54.2 Å². The van der Waals surface area contributed by atoms with E-state index in [0.29, 0.717) is 24.6 Å². The van der Waals surface area contributed by atoms with Crippen molar-refractivity contribution in [2.45, 2.75) is 18.8 Å². The first-order chi connectivity index (χ1) is 13.2. The third-order valence-corrected chi connectivity index (χ3v) is 5.35. The molecule has 0 spiro atoms.